The maximum Gasteiger partial charge on any atom is 0.234 e. The van der Waals surface area contributed by atoms with Crippen LogP contribution in [0.25, 0.3) is 5.69 Å². The average Bonchev–Trinajstić information content (AvgIpc) is 3.18. The zero-order valence-electron chi connectivity index (χ0n) is 18.2. The first-order valence-electron chi connectivity index (χ1n) is 10.5. The number of benzene rings is 2. The molecule has 1 N–H and O–H groups in total. The number of carbonyl (C=O) groups excluding carboxylic acids is 1. The van der Waals surface area contributed by atoms with Crippen molar-refractivity contribution in [2.75, 3.05) is 37.4 Å². The van der Waals surface area contributed by atoms with Gasteiger partial charge in [-0.25, -0.2) is 0 Å². The standard InChI is InChI=1S/C23H26IN5O2S/c1-16-12-18(24)13-17(2)22(16)25-21(30)15-32-23-27-26-20(14-28-8-10-31-11-9-28)29(23)19-6-4-3-5-7-19/h3-7,12-13H,8-11,14-15H2,1-2H3,(H,25,30). The molecule has 1 fully saturated rings. The highest BCUT2D eigenvalue weighted by Crippen LogP contribution is 2.26. The van der Waals surface area contributed by atoms with Crippen molar-refractivity contribution in [3.63, 3.8) is 0 Å². The van der Waals surface area contributed by atoms with Crippen molar-refractivity contribution in [3.8, 4) is 5.69 Å². The van der Waals surface area contributed by atoms with E-state index >= 15 is 0 Å². The molecule has 1 saturated heterocycles. The highest BCUT2D eigenvalue weighted by Gasteiger charge is 2.20. The van der Waals surface area contributed by atoms with Gasteiger partial charge in [-0.2, -0.15) is 0 Å². The number of thioether (sulfide) groups is 1. The van der Waals surface area contributed by atoms with Gasteiger partial charge in [0.2, 0.25) is 5.91 Å². The molecule has 1 aromatic heterocycles. The van der Waals surface area contributed by atoms with E-state index in [9.17, 15) is 4.79 Å². The number of hydrogen-bond donors (Lipinski definition) is 1. The van der Waals surface area contributed by atoms with Gasteiger partial charge in [-0.3, -0.25) is 14.3 Å². The van der Waals surface area contributed by atoms with Gasteiger partial charge in [0.15, 0.2) is 11.0 Å². The highest BCUT2D eigenvalue weighted by atomic mass is 127. The van der Waals surface area contributed by atoms with Crippen molar-refractivity contribution in [1.82, 2.24) is 19.7 Å². The summed E-state index contributed by atoms with van der Waals surface area (Å²) in [5.74, 6) is 1.07. The molecular formula is C23H26IN5O2S. The summed E-state index contributed by atoms with van der Waals surface area (Å²) in [4.78, 5) is 15.0. The monoisotopic (exact) mass is 563 g/mol. The third-order valence-electron chi connectivity index (χ3n) is 5.28. The number of anilines is 1. The van der Waals surface area contributed by atoms with Gasteiger partial charge in [0.1, 0.15) is 0 Å². The van der Waals surface area contributed by atoms with Crippen molar-refractivity contribution in [2.24, 2.45) is 0 Å². The maximum atomic E-state index is 12.7. The van der Waals surface area contributed by atoms with Gasteiger partial charge >= 0.3 is 0 Å². The first kappa shape index (κ1) is 23.2. The largest absolute Gasteiger partial charge is 0.379 e. The fraction of sp³-hybridized carbons (Fsp3) is 0.348. The number of nitrogens with zero attached hydrogens (tertiary/aromatic N) is 4. The fourth-order valence-electron chi connectivity index (χ4n) is 3.71. The number of nitrogens with one attached hydrogen (secondary N) is 1. The third-order valence-corrected chi connectivity index (χ3v) is 6.83. The molecule has 3 aromatic rings. The summed E-state index contributed by atoms with van der Waals surface area (Å²) in [6.07, 6.45) is 0. The number of morpholine rings is 1. The van der Waals surface area contributed by atoms with Gasteiger partial charge in [0.05, 0.1) is 25.5 Å². The van der Waals surface area contributed by atoms with Crippen LogP contribution in [-0.2, 0) is 16.1 Å². The molecule has 1 aliphatic rings. The zero-order valence-corrected chi connectivity index (χ0v) is 21.1. The molecule has 168 valence electrons. The minimum absolute atomic E-state index is 0.0558. The van der Waals surface area contributed by atoms with E-state index in [4.69, 9.17) is 4.74 Å². The zero-order chi connectivity index (χ0) is 22.5. The second kappa shape index (κ2) is 10.8. The van der Waals surface area contributed by atoms with Gasteiger partial charge in [0.25, 0.3) is 0 Å². The summed E-state index contributed by atoms with van der Waals surface area (Å²) in [6.45, 7) is 7.95. The first-order chi connectivity index (χ1) is 15.5. The summed E-state index contributed by atoms with van der Waals surface area (Å²) in [6, 6.07) is 14.2. The lowest BCUT2D eigenvalue weighted by Crippen LogP contribution is -2.36. The van der Waals surface area contributed by atoms with Crippen LogP contribution in [0.5, 0.6) is 0 Å². The SMILES string of the molecule is Cc1cc(I)cc(C)c1NC(=O)CSc1nnc(CN2CCOCC2)n1-c1ccccc1. The summed E-state index contributed by atoms with van der Waals surface area (Å²) >= 11 is 3.69. The highest BCUT2D eigenvalue weighted by molar-refractivity contribution is 14.1. The summed E-state index contributed by atoms with van der Waals surface area (Å²) in [7, 11) is 0. The Morgan fingerprint density at radius 1 is 1.12 bits per heavy atom. The molecule has 1 amide bonds. The molecule has 0 spiro atoms. The average molecular weight is 563 g/mol. The van der Waals surface area contributed by atoms with Crippen molar-refractivity contribution in [2.45, 2.75) is 25.5 Å². The smallest absolute Gasteiger partial charge is 0.234 e. The number of para-hydroxylation sites is 1. The fourth-order valence-corrected chi connectivity index (χ4v) is 5.41. The number of rotatable bonds is 7. The minimum Gasteiger partial charge on any atom is -0.379 e. The number of amides is 1. The van der Waals surface area contributed by atoms with E-state index in [2.05, 4.69) is 59.7 Å². The molecule has 0 aliphatic carbocycles. The van der Waals surface area contributed by atoms with E-state index < -0.39 is 0 Å². The number of aryl methyl sites for hydroxylation is 2. The Balaban J connectivity index is 1.50. The van der Waals surface area contributed by atoms with Gasteiger partial charge in [-0.05, 0) is 71.8 Å². The Bertz CT molecular complexity index is 1060. The Hall–Kier alpha value is -1.95. The molecule has 0 unspecified atom stereocenters. The second-order valence-electron chi connectivity index (χ2n) is 7.71. The summed E-state index contributed by atoms with van der Waals surface area (Å²) in [5, 5.41) is 12.7. The lowest BCUT2D eigenvalue weighted by molar-refractivity contribution is -0.113. The van der Waals surface area contributed by atoms with Crippen LogP contribution in [0.2, 0.25) is 0 Å². The maximum absolute atomic E-state index is 12.7. The Labute approximate surface area is 206 Å². The van der Waals surface area contributed by atoms with Crippen LogP contribution in [0.1, 0.15) is 17.0 Å². The molecule has 9 heteroatoms. The minimum atomic E-state index is -0.0558. The number of aromatic nitrogens is 3. The predicted octanol–water partition coefficient (Wildman–Crippen LogP) is 4.05. The molecule has 0 radical (unpaired) electrons. The van der Waals surface area contributed by atoms with Crippen LogP contribution >= 0.6 is 34.4 Å². The second-order valence-corrected chi connectivity index (χ2v) is 9.90. The Morgan fingerprint density at radius 2 is 1.81 bits per heavy atom. The van der Waals surface area contributed by atoms with Crippen molar-refractivity contribution < 1.29 is 9.53 Å². The molecule has 7 nitrogen and oxygen atoms in total. The van der Waals surface area contributed by atoms with E-state index in [1.807, 2.05) is 44.2 Å². The van der Waals surface area contributed by atoms with E-state index in [1.165, 1.54) is 11.8 Å². The van der Waals surface area contributed by atoms with Gasteiger partial charge < -0.3 is 10.1 Å². The van der Waals surface area contributed by atoms with Crippen molar-refractivity contribution in [1.29, 1.82) is 0 Å². The molecule has 32 heavy (non-hydrogen) atoms. The quantitative estimate of drug-likeness (QED) is 0.346. The Kier molecular flexibility index (Phi) is 7.82. The summed E-state index contributed by atoms with van der Waals surface area (Å²) in [5.41, 5.74) is 4.00. The third kappa shape index (κ3) is 5.69. The molecule has 2 heterocycles. The van der Waals surface area contributed by atoms with Crippen LogP contribution in [0.4, 0.5) is 5.69 Å². The molecule has 4 rings (SSSR count). The van der Waals surface area contributed by atoms with Crippen LogP contribution in [0.3, 0.4) is 0 Å². The van der Waals surface area contributed by atoms with Crippen molar-refractivity contribution >= 4 is 45.9 Å². The van der Waals surface area contributed by atoms with Crippen LogP contribution in [-0.4, -0.2) is 57.6 Å². The van der Waals surface area contributed by atoms with E-state index in [1.54, 1.807) is 0 Å². The first-order valence-corrected chi connectivity index (χ1v) is 12.6. The predicted molar refractivity (Wildman–Crippen MR) is 135 cm³/mol. The number of ether oxygens (including phenoxy) is 1. The van der Waals surface area contributed by atoms with Crippen molar-refractivity contribution in [3.05, 3.63) is 63.0 Å². The van der Waals surface area contributed by atoms with Crippen LogP contribution in [0.15, 0.2) is 47.6 Å². The van der Waals surface area contributed by atoms with Gasteiger partial charge in [-0.15, -0.1) is 10.2 Å². The molecule has 2 aromatic carbocycles. The lowest BCUT2D eigenvalue weighted by Gasteiger charge is -2.26. The number of halogens is 1. The number of hydrogen-bond acceptors (Lipinski definition) is 6. The molecular weight excluding hydrogens is 537 g/mol. The van der Waals surface area contributed by atoms with Gasteiger partial charge in [-0.1, -0.05) is 30.0 Å². The Morgan fingerprint density at radius 3 is 2.50 bits per heavy atom. The number of carbonyl (C=O) groups is 1. The normalized spacial score (nSPS) is 14.5. The van der Waals surface area contributed by atoms with Crippen LogP contribution in [0, 0.1) is 17.4 Å². The topological polar surface area (TPSA) is 72.3 Å². The lowest BCUT2D eigenvalue weighted by atomic mass is 10.1. The molecule has 0 saturated carbocycles. The van der Waals surface area contributed by atoms with Gasteiger partial charge in [0, 0.05) is 28.0 Å². The van der Waals surface area contributed by atoms with E-state index in [-0.39, 0.29) is 11.7 Å². The van der Waals surface area contributed by atoms with Crippen LogP contribution < -0.4 is 5.32 Å². The van der Waals surface area contributed by atoms with E-state index in [0.29, 0.717) is 11.7 Å². The molecule has 0 bridgehead atoms. The van der Waals surface area contributed by atoms with E-state index in [0.717, 1.165) is 58.2 Å². The molecule has 1 aliphatic heterocycles. The molecule has 0 atom stereocenters. The summed E-state index contributed by atoms with van der Waals surface area (Å²) < 4.78 is 8.67.